The first-order valence-corrected chi connectivity index (χ1v) is 7.50. The lowest BCUT2D eigenvalue weighted by atomic mass is 9.68. The van der Waals surface area contributed by atoms with Crippen LogP contribution in [-0.2, 0) is 10.2 Å². The van der Waals surface area contributed by atoms with E-state index in [1.807, 2.05) is 39.0 Å². The summed E-state index contributed by atoms with van der Waals surface area (Å²) in [5, 5.41) is 0. The Balaban J connectivity index is 2.01. The quantitative estimate of drug-likeness (QED) is 0.931. The van der Waals surface area contributed by atoms with Crippen molar-refractivity contribution in [3.8, 4) is 0 Å². The van der Waals surface area contributed by atoms with Gasteiger partial charge >= 0.3 is 6.09 Å². The van der Waals surface area contributed by atoms with Crippen molar-refractivity contribution in [3.63, 3.8) is 0 Å². The predicted octanol–water partition coefficient (Wildman–Crippen LogP) is 2.77. The van der Waals surface area contributed by atoms with Crippen LogP contribution in [0.3, 0.4) is 0 Å². The smallest absolute Gasteiger partial charge is 0.410 e. The van der Waals surface area contributed by atoms with Crippen molar-refractivity contribution >= 4 is 6.09 Å². The van der Waals surface area contributed by atoms with Gasteiger partial charge in [0, 0.05) is 31.0 Å². The lowest BCUT2D eigenvalue weighted by Gasteiger charge is -2.49. The highest BCUT2D eigenvalue weighted by Crippen LogP contribution is 2.37. The van der Waals surface area contributed by atoms with E-state index in [0.717, 1.165) is 0 Å². The van der Waals surface area contributed by atoms with Crippen molar-refractivity contribution in [2.24, 2.45) is 11.7 Å². The number of likely N-dealkylation sites (tertiary alicyclic amines) is 1. The van der Waals surface area contributed by atoms with E-state index in [0.29, 0.717) is 25.6 Å². The molecular weight excluding hydrogens is 264 g/mol. The number of nitrogens with two attached hydrogens (primary N) is 1. The molecule has 0 bridgehead atoms. The van der Waals surface area contributed by atoms with Crippen molar-refractivity contribution in [2.45, 2.75) is 38.7 Å². The van der Waals surface area contributed by atoms with Gasteiger partial charge < -0.3 is 15.4 Å². The zero-order valence-electron chi connectivity index (χ0n) is 13.4. The van der Waals surface area contributed by atoms with Crippen molar-refractivity contribution in [1.29, 1.82) is 0 Å². The molecule has 1 aliphatic heterocycles. The number of benzene rings is 1. The summed E-state index contributed by atoms with van der Waals surface area (Å²) in [6.45, 7) is 9.82. The number of amides is 1. The molecule has 21 heavy (non-hydrogen) atoms. The normalized spacial score (nSPS) is 18.8. The molecule has 2 N–H and O–H groups in total. The van der Waals surface area contributed by atoms with Crippen LogP contribution >= 0.6 is 0 Å². The third-order valence-electron chi connectivity index (χ3n) is 4.29. The molecule has 0 aromatic heterocycles. The van der Waals surface area contributed by atoms with Gasteiger partial charge in [-0.2, -0.15) is 0 Å². The number of carbonyl (C=O) groups is 1. The fraction of sp³-hybridized carbons (Fsp3) is 0.588. The van der Waals surface area contributed by atoms with Crippen LogP contribution in [0.15, 0.2) is 30.3 Å². The molecule has 0 spiro atoms. The molecule has 1 aromatic rings. The Morgan fingerprint density at radius 3 is 2.29 bits per heavy atom. The first-order chi connectivity index (χ1) is 9.76. The Morgan fingerprint density at radius 2 is 1.81 bits per heavy atom. The fourth-order valence-electron chi connectivity index (χ4n) is 2.70. The Morgan fingerprint density at radius 1 is 1.24 bits per heavy atom. The summed E-state index contributed by atoms with van der Waals surface area (Å²) in [5.74, 6) is 0.373. The largest absolute Gasteiger partial charge is 0.444 e. The van der Waals surface area contributed by atoms with E-state index in [1.54, 1.807) is 4.90 Å². The van der Waals surface area contributed by atoms with Gasteiger partial charge in [0.05, 0.1) is 0 Å². The van der Waals surface area contributed by atoms with Gasteiger partial charge in [-0.3, -0.25) is 0 Å². The molecular formula is C17H26N2O2. The molecule has 0 radical (unpaired) electrons. The molecule has 0 aliphatic carbocycles. The van der Waals surface area contributed by atoms with E-state index < -0.39 is 5.60 Å². The van der Waals surface area contributed by atoms with Gasteiger partial charge in [-0.25, -0.2) is 4.79 Å². The summed E-state index contributed by atoms with van der Waals surface area (Å²) in [6, 6.07) is 10.3. The molecule has 1 aromatic carbocycles. The van der Waals surface area contributed by atoms with Crippen LogP contribution < -0.4 is 5.73 Å². The minimum Gasteiger partial charge on any atom is -0.444 e. The number of carbonyl (C=O) groups excluding carboxylic acids is 1. The Bertz CT molecular complexity index is 489. The highest BCUT2D eigenvalue weighted by Gasteiger charge is 2.44. The highest BCUT2D eigenvalue weighted by atomic mass is 16.6. The molecule has 1 fully saturated rings. The first kappa shape index (κ1) is 15.8. The average Bonchev–Trinajstić information content (AvgIpc) is 2.35. The minimum absolute atomic E-state index is 0.0974. The highest BCUT2D eigenvalue weighted by molar-refractivity contribution is 5.69. The third kappa shape index (κ3) is 3.38. The van der Waals surface area contributed by atoms with Gasteiger partial charge in [0.25, 0.3) is 0 Å². The average molecular weight is 290 g/mol. The Kier molecular flexibility index (Phi) is 4.28. The van der Waals surface area contributed by atoms with Crippen LogP contribution in [0.4, 0.5) is 4.79 Å². The maximum Gasteiger partial charge on any atom is 0.410 e. The molecule has 1 atom stereocenters. The topological polar surface area (TPSA) is 55.6 Å². The van der Waals surface area contributed by atoms with E-state index >= 15 is 0 Å². The van der Waals surface area contributed by atoms with Crippen LogP contribution in [0.5, 0.6) is 0 Å². The molecule has 4 nitrogen and oxygen atoms in total. The maximum atomic E-state index is 12.0. The molecule has 1 aliphatic rings. The molecule has 116 valence electrons. The second-order valence-electron chi connectivity index (χ2n) is 7.07. The van der Waals surface area contributed by atoms with Gasteiger partial charge in [0.15, 0.2) is 0 Å². The van der Waals surface area contributed by atoms with Crippen LogP contribution in [0.25, 0.3) is 0 Å². The van der Waals surface area contributed by atoms with Crippen LogP contribution in [0.2, 0.25) is 0 Å². The van der Waals surface area contributed by atoms with E-state index in [-0.39, 0.29) is 11.5 Å². The predicted molar refractivity (Wildman–Crippen MR) is 84.1 cm³/mol. The maximum absolute atomic E-state index is 12.0. The van der Waals surface area contributed by atoms with Crippen LogP contribution in [0.1, 0.15) is 33.3 Å². The van der Waals surface area contributed by atoms with E-state index in [9.17, 15) is 4.79 Å². The van der Waals surface area contributed by atoms with Gasteiger partial charge in [0.2, 0.25) is 0 Å². The lowest BCUT2D eigenvalue weighted by molar-refractivity contribution is -0.0135. The molecule has 1 saturated heterocycles. The molecule has 2 rings (SSSR count). The second-order valence-corrected chi connectivity index (χ2v) is 7.07. The summed E-state index contributed by atoms with van der Waals surface area (Å²) < 4.78 is 5.40. The van der Waals surface area contributed by atoms with Crippen molar-refractivity contribution in [1.82, 2.24) is 4.90 Å². The molecule has 1 amide bonds. The van der Waals surface area contributed by atoms with Crippen molar-refractivity contribution in [2.75, 3.05) is 19.6 Å². The number of rotatable bonds is 3. The van der Waals surface area contributed by atoms with Gasteiger partial charge in [-0.15, -0.1) is 0 Å². The Labute approximate surface area is 127 Å². The van der Waals surface area contributed by atoms with Crippen LogP contribution in [0, 0.1) is 5.92 Å². The summed E-state index contributed by atoms with van der Waals surface area (Å²) in [4.78, 5) is 13.8. The molecule has 4 heteroatoms. The SMILES string of the molecule is CC(C)(C)OC(=O)N1CC(C(C)(CN)c2ccccc2)C1. The van der Waals surface area contributed by atoms with Gasteiger partial charge in [-0.05, 0) is 26.3 Å². The summed E-state index contributed by atoms with van der Waals surface area (Å²) in [5.41, 5.74) is 6.73. The monoisotopic (exact) mass is 290 g/mol. The van der Waals surface area contributed by atoms with Gasteiger partial charge in [-0.1, -0.05) is 37.3 Å². The number of nitrogens with zero attached hydrogens (tertiary/aromatic N) is 1. The van der Waals surface area contributed by atoms with Crippen molar-refractivity contribution < 1.29 is 9.53 Å². The van der Waals surface area contributed by atoms with Gasteiger partial charge in [0.1, 0.15) is 5.60 Å². The van der Waals surface area contributed by atoms with Crippen LogP contribution in [-0.4, -0.2) is 36.2 Å². The zero-order chi connectivity index (χ0) is 15.7. The summed E-state index contributed by atoms with van der Waals surface area (Å²) in [6.07, 6.45) is -0.230. The standard InChI is InChI=1S/C17H26N2O2/c1-16(2,3)21-15(20)19-10-14(11-19)17(4,12-18)13-8-6-5-7-9-13/h5-9,14H,10-12,18H2,1-4H3. The van der Waals surface area contributed by atoms with Crippen molar-refractivity contribution in [3.05, 3.63) is 35.9 Å². The zero-order valence-corrected chi connectivity index (χ0v) is 13.4. The van der Waals surface area contributed by atoms with E-state index in [2.05, 4.69) is 19.1 Å². The molecule has 1 heterocycles. The minimum atomic E-state index is -0.446. The number of hydrogen-bond acceptors (Lipinski definition) is 3. The molecule has 1 unspecified atom stereocenters. The number of hydrogen-bond donors (Lipinski definition) is 1. The summed E-state index contributed by atoms with van der Waals surface area (Å²) in [7, 11) is 0. The first-order valence-electron chi connectivity index (χ1n) is 7.50. The molecule has 0 saturated carbocycles. The Hall–Kier alpha value is -1.55. The van der Waals surface area contributed by atoms with E-state index in [1.165, 1.54) is 5.56 Å². The second kappa shape index (κ2) is 5.68. The third-order valence-corrected chi connectivity index (χ3v) is 4.29. The summed E-state index contributed by atoms with van der Waals surface area (Å²) >= 11 is 0. The van der Waals surface area contributed by atoms with E-state index in [4.69, 9.17) is 10.5 Å². The lowest BCUT2D eigenvalue weighted by Crippen LogP contribution is -2.60. The fourth-order valence-corrected chi connectivity index (χ4v) is 2.70. The number of ether oxygens (including phenoxy) is 1.